The summed E-state index contributed by atoms with van der Waals surface area (Å²) in [6.07, 6.45) is 5.60. The van der Waals surface area contributed by atoms with Crippen molar-refractivity contribution in [3.8, 4) is 5.69 Å². The predicted molar refractivity (Wildman–Crippen MR) is 280 cm³/mol. The Morgan fingerprint density at radius 1 is 0.880 bits per heavy atom. The van der Waals surface area contributed by atoms with Crippen LogP contribution in [0, 0.1) is 12.3 Å². The van der Waals surface area contributed by atoms with Crippen molar-refractivity contribution in [3.63, 3.8) is 0 Å². The summed E-state index contributed by atoms with van der Waals surface area (Å²) in [5.74, 6) is -1.76. The van der Waals surface area contributed by atoms with E-state index in [-0.39, 0.29) is 47.3 Å². The van der Waals surface area contributed by atoms with Crippen LogP contribution in [0.25, 0.3) is 5.69 Å². The van der Waals surface area contributed by atoms with Crippen LogP contribution in [-0.2, 0) is 39.7 Å². The molecule has 11 N–H and O–H groups in total. The Bertz CT molecular complexity index is 2610. The number of carbonyl (C=O) groups is 5. The lowest BCUT2D eigenvalue weighted by Gasteiger charge is -2.33. The summed E-state index contributed by atoms with van der Waals surface area (Å²) >= 11 is 0. The molecular formula is C51H71N13O11. The zero-order chi connectivity index (χ0) is 53.9. The Labute approximate surface area is 436 Å². The fraction of sp³-hybridized carbons (Fsp3) is 0.490. The van der Waals surface area contributed by atoms with Gasteiger partial charge in [-0.05, 0) is 80.5 Å². The number of ether oxygens (including phenoxy) is 5. The molecule has 6 rings (SSSR count). The number of Topliss-reactive ketones (excluding diaryl/α,β-unsaturated/α-hetero) is 1. The van der Waals surface area contributed by atoms with Gasteiger partial charge < -0.3 is 77.1 Å². The van der Waals surface area contributed by atoms with E-state index in [1.54, 1.807) is 53.5 Å². The number of hydrogen-bond donors (Lipinski definition) is 8. The molecule has 75 heavy (non-hydrogen) atoms. The first kappa shape index (κ1) is 56.9. The average molecular weight is 1040 g/mol. The second kappa shape index (κ2) is 27.8. The van der Waals surface area contributed by atoms with E-state index < -0.39 is 23.8 Å². The van der Waals surface area contributed by atoms with Gasteiger partial charge in [-0.3, -0.25) is 19.2 Å². The molecule has 2 aromatic carbocycles. The van der Waals surface area contributed by atoms with Crippen LogP contribution in [0.15, 0.2) is 76.4 Å². The Hall–Kier alpha value is -7.38. The maximum Gasteiger partial charge on any atom is 0.326 e. The van der Waals surface area contributed by atoms with Crippen LogP contribution in [-0.4, -0.2) is 160 Å². The van der Waals surface area contributed by atoms with Crippen molar-refractivity contribution in [2.75, 3.05) is 103 Å². The number of nitrogens with one attached hydrogen (secondary N) is 4. The number of aryl methyl sites for hydroxylation is 1. The summed E-state index contributed by atoms with van der Waals surface area (Å²) in [4.78, 5) is 74.6. The Morgan fingerprint density at radius 2 is 1.51 bits per heavy atom. The maximum absolute atomic E-state index is 13.0. The number of anilines is 2. The highest BCUT2D eigenvalue weighted by molar-refractivity contribution is 6.11. The van der Waals surface area contributed by atoms with Crippen LogP contribution >= 0.6 is 0 Å². The number of nitrogens with zero attached hydrogens (tertiary/aromatic N) is 6. The number of rotatable bonds is 32. The molecule has 0 bridgehead atoms. The Morgan fingerprint density at radius 3 is 2.13 bits per heavy atom. The molecule has 3 aliphatic rings. The third-order valence-electron chi connectivity index (χ3n) is 12.2. The number of amidine groups is 1. The normalized spacial score (nSPS) is 15.0. The number of ketones is 1. The zero-order valence-corrected chi connectivity index (χ0v) is 43.2. The van der Waals surface area contributed by atoms with E-state index in [1.807, 2.05) is 29.8 Å². The van der Waals surface area contributed by atoms with Gasteiger partial charge in [0.15, 0.2) is 17.4 Å². The van der Waals surface area contributed by atoms with Crippen LogP contribution in [0.4, 0.5) is 11.4 Å². The molecule has 0 radical (unpaired) electrons. The highest BCUT2D eigenvalue weighted by Crippen LogP contribution is 2.37. The van der Waals surface area contributed by atoms with Crippen LogP contribution < -0.4 is 43.4 Å². The van der Waals surface area contributed by atoms with Crippen molar-refractivity contribution in [2.24, 2.45) is 32.6 Å². The lowest BCUT2D eigenvalue weighted by molar-refractivity contribution is -0.139. The topological polar surface area (TPSA) is 327 Å². The average Bonchev–Trinajstić information content (AvgIpc) is 3.70. The van der Waals surface area contributed by atoms with Crippen molar-refractivity contribution < 1.29 is 52.8 Å². The van der Waals surface area contributed by atoms with E-state index in [0.717, 1.165) is 17.1 Å². The number of nitrogens with two attached hydrogens (primary N) is 3. The quantitative estimate of drug-likeness (QED) is 0.0415. The SMILES string of the molecule is Cc1nn(-c2ccc(C(N)=O)c(NCCCOCCOCCOCCOCCOCCCNC(=O)CC[C@H](NC(=O)c3ccc(N(C)CN4C=CN=C5NC(N)=NC(N)=C54)cc3)C(=O)O)c2)c2c1C(=O)CC(C)(C)C2. The third-order valence-corrected chi connectivity index (χ3v) is 12.2. The molecule has 2 aliphatic heterocycles. The van der Waals surface area contributed by atoms with Gasteiger partial charge in [0, 0.05) is 75.5 Å². The number of aliphatic imine (C=N–C) groups is 2. The maximum atomic E-state index is 13.0. The second-order valence-corrected chi connectivity index (χ2v) is 18.8. The van der Waals surface area contributed by atoms with Crippen LogP contribution in [0.5, 0.6) is 0 Å². The van der Waals surface area contributed by atoms with E-state index in [9.17, 15) is 29.1 Å². The molecule has 24 nitrogen and oxygen atoms in total. The van der Waals surface area contributed by atoms with Gasteiger partial charge in [0.25, 0.3) is 11.8 Å². The van der Waals surface area contributed by atoms with Gasteiger partial charge in [-0.1, -0.05) is 13.8 Å². The number of carbonyl (C=O) groups excluding carboxylic acids is 4. The molecule has 1 aromatic heterocycles. The number of benzene rings is 2. The van der Waals surface area contributed by atoms with E-state index in [2.05, 4.69) is 45.1 Å². The molecule has 3 heterocycles. The fourth-order valence-electron chi connectivity index (χ4n) is 8.47. The lowest BCUT2D eigenvalue weighted by atomic mass is 9.75. The predicted octanol–water partition coefficient (Wildman–Crippen LogP) is 2.11. The van der Waals surface area contributed by atoms with Crippen molar-refractivity contribution in [1.82, 2.24) is 30.6 Å². The number of aromatic nitrogens is 2. The van der Waals surface area contributed by atoms with Gasteiger partial charge in [0.05, 0.1) is 87.7 Å². The number of fused-ring (bicyclic) bond motifs is 2. The summed E-state index contributed by atoms with van der Waals surface area (Å²) < 4.78 is 29.8. The smallest absolute Gasteiger partial charge is 0.326 e. The molecule has 0 fully saturated rings. The van der Waals surface area contributed by atoms with Gasteiger partial charge in [0.2, 0.25) is 11.9 Å². The number of amides is 3. The summed E-state index contributed by atoms with van der Waals surface area (Å²) in [5, 5.41) is 25.9. The van der Waals surface area contributed by atoms with Crippen molar-refractivity contribution in [1.29, 1.82) is 0 Å². The molecule has 3 amide bonds. The minimum absolute atomic E-state index is 0.0888. The Kier molecular flexibility index (Phi) is 21.1. The fourth-order valence-corrected chi connectivity index (χ4v) is 8.47. The first-order chi connectivity index (χ1) is 36.0. The lowest BCUT2D eigenvalue weighted by Crippen LogP contribution is -2.47. The third kappa shape index (κ3) is 16.8. The first-order valence-electron chi connectivity index (χ1n) is 24.9. The first-order valence-corrected chi connectivity index (χ1v) is 24.9. The second-order valence-electron chi connectivity index (χ2n) is 18.8. The van der Waals surface area contributed by atoms with Crippen LogP contribution in [0.1, 0.15) is 88.4 Å². The summed E-state index contributed by atoms with van der Waals surface area (Å²) in [6, 6.07) is 10.7. The molecule has 0 saturated carbocycles. The number of guanidine groups is 1. The van der Waals surface area contributed by atoms with Crippen molar-refractivity contribution >= 4 is 52.6 Å². The molecule has 1 aliphatic carbocycles. The van der Waals surface area contributed by atoms with Gasteiger partial charge in [0.1, 0.15) is 11.7 Å². The van der Waals surface area contributed by atoms with Gasteiger partial charge >= 0.3 is 5.97 Å². The van der Waals surface area contributed by atoms with E-state index >= 15 is 0 Å². The largest absolute Gasteiger partial charge is 0.480 e. The number of carboxylic acid groups (broad SMARTS) is 1. The minimum atomic E-state index is -1.26. The molecule has 1 atom stereocenters. The molecule has 406 valence electrons. The number of hydrogen-bond acceptors (Lipinski definition) is 19. The van der Waals surface area contributed by atoms with Crippen molar-refractivity contribution in [3.05, 3.63) is 94.5 Å². The summed E-state index contributed by atoms with van der Waals surface area (Å²) in [6.45, 7) is 11.3. The standard InChI is InChI=1S/C51H71N13O11/c1-33-43-40(30-51(2,3)31-41(43)65)64(61-33)36-11-12-37(46(53)67)39(29-36)55-15-5-19-71-21-23-73-25-27-75-28-26-74-24-22-72-20-6-16-56-42(66)14-13-38(49(69)70)58-48(68)34-7-9-35(10-8-34)62(4)32-63-18-17-57-47-44(63)45(52)59-50(54)60-47/h7-12,17-18,29,38,55H,5-6,13-16,19-28,30-32H2,1-4H3,(H2,53,67)(H,56,66)(H,58,68)(H,69,70)(H5,52,54,57,59,60)/t38-/m0/s1. The number of aliphatic carboxylic acids is 1. The van der Waals surface area contributed by atoms with E-state index in [0.29, 0.717) is 146 Å². The molecule has 24 heteroatoms. The minimum Gasteiger partial charge on any atom is -0.480 e. The van der Waals surface area contributed by atoms with Crippen LogP contribution in [0.2, 0.25) is 0 Å². The van der Waals surface area contributed by atoms with E-state index in [1.165, 1.54) is 0 Å². The Balaban J connectivity index is 0.727. The summed E-state index contributed by atoms with van der Waals surface area (Å²) in [5.41, 5.74) is 22.9. The van der Waals surface area contributed by atoms with Gasteiger partial charge in [-0.2, -0.15) is 10.1 Å². The monoisotopic (exact) mass is 1040 g/mol. The van der Waals surface area contributed by atoms with Crippen molar-refractivity contribution in [2.45, 2.75) is 65.3 Å². The number of carboxylic acids is 1. The molecule has 3 aromatic rings. The highest BCUT2D eigenvalue weighted by atomic mass is 16.6. The number of primary amides is 1. The van der Waals surface area contributed by atoms with Crippen LogP contribution in [0.3, 0.4) is 0 Å². The highest BCUT2D eigenvalue weighted by Gasteiger charge is 2.36. The summed E-state index contributed by atoms with van der Waals surface area (Å²) in [7, 11) is 1.85. The molecule has 0 unspecified atom stereocenters. The molecular weight excluding hydrogens is 971 g/mol. The molecule has 0 spiro atoms. The van der Waals surface area contributed by atoms with E-state index in [4.69, 9.17) is 46.0 Å². The van der Waals surface area contributed by atoms with Gasteiger partial charge in [-0.15, -0.1) is 0 Å². The molecule has 0 saturated heterocycles. The van der Waals surface area contributed by atoms with Gasteiger partial charge in [-0.25, -0.2) is 14.5 Å². The zero-order valence-electron chi connectivity index (χ0n) is 43.2.